The zero-order valence-electron chi connectivity index (χ0n) is 11.2. The van der Waals surface area contributed by atoms with E-state index in [1.54, 1.807) is 0 Å². The summed E-state index contributed by atoms with van der Waals surface area (Å²) in [6.45, 7) is 2.36. The summed E-state index contributed by atoms with van der Waals surface area (Å²) >= 11 is 0. The third-order valence-electron chi connectivity index (χ3n) is 3.90. The van der Waals surface area contributed by atoms with Crippen LogP contribution in [-0.2, 0) is 4.79 Å². The Morgan fingerprint density at radius 2 is 2.15 bits per heavy atom. The van der Waals surface area contributed by atoms with Crippen LogP contribution < -0.4 is 0 Å². The normalized spacial score (nSPS) is 19.6. The minimum absolute atomic E-state index is 0.00718. The molecule has 2 N–H and O–H groups in total. The summed E-state index contributed by atoms with van der Waals surface area (Å²) in [5, 5.41) is 10.2. The summed E-state index contributed by atoms with van der Waals surface area (Å²) in [4.78, 5) is 27.5. The number of carboxylic acid groups (broad SMARTS) is 1. The van der Waals surface area contributed by atoms with Gasteiger partial charge in [0.15, 0.2) is 5.78 Å². The number of aryl methyl sites for hydroxylation is 1. The van der Waals surface area contributed by atoms with Crippen molar-refractivity contribution in [3.63, 3.8) is 0 Å². The number of benzene rings is 1. The number of ketones is 1. The van der Waals surface area contributed by atoms with Gasteiger partial charge in [0.2, 0.25) is 0 Å². The minimum Gasteiger partial charge on any atom is -0.465 e. The number of nitrogens with zero attached hydrogens (tertiary/aromatic N) is 1. The molecule has 1 aromatic carbocycles. The van der Waals surface area contributed by atoms with Crippen LogP contribution >= 0.6 is 0 Å². The number of aromatic nitrogens is 1. The fraction of sp³-hybridized carbons (Fsp3) is 0.333. The van der Waals surface area contributed by atoms with Crippen molar-refractivity contribution in [2.45, 2.75) is 19.3 Å². The molecular weight excluding hydrogens is 256 g/mol. The van der Waals surface area contributed by atoms with Crippen LogP contribution in [0.25, 0.3) is 10.9 Å². The van der Waals surface area contributed by atoms with Crippen LogP contribution in [0, 0.1) is 6.92 Å². The Morgan fingerprint density at radius 1 is 1.40 bits per heavy atom. The molecule has 3 rings (SSSR count). The van der Waals surface area contributed by atoms with Gasteiger partial charge < -0.3 is 15.0 Å². The average molecular weight is 272 g/mol. The summed E-state index contributed by atoms with van der Waals surface area (Å²) < 4.78 is 0. The van der Waals surface area contributed by atoms with Crippen molar-refractivity contribution in [3.05, 3.63) is 35.5 Å². The lowest BCUT2D eigenvalue weighted by molar-refractivity contribution is -0.122. The Kier molecular flexibility index (Phi) is 2.97. The van der Waals surface area contributed by atoms with Crippen LogP contribution in [0.15, 0.2) is 24.3 Å². The molecule has 2 heterocycles. The highest BCUT2D eigenvalue weighted by molar-refractivity contribution is 5.89. The van der Waals surface area contributed by atoms with E-state index in [1.165, 1.54) is 4.90 Å². The molecule has 1 aliphatic heterocycles. The van der Waals surface area contributed by atoms with Crippen molar-refractivity contribution < 1.29 is 14.7 Å². The summed E-state index contributed by atoms with van der Waals surface area (Å²) in [6.07, 6.45) is -0.618. The third kappa shape index (κ3) is 2.05. The fourth-order valence-corrected chi connectivity index (χ4v) is 3.11. The Labute approximate surface area is 116 Å². The molecule has 1 amide bonds. The van der Waals surface area contributed by atoms with E-state index < -0.39 is 6.09 Å². The monoisotopic (exact) mass is 272 g/mol. The highest BCUT2D eigenvalue weighted by Gasteiger charge is 2.31. The van der Waals surface area contributed by atoms with Gasteiger partial charge in [-0.15, -0.1) is 0 Å². The minimum atomic E-state index is -1.03. The van der Waals surface area contributed by atoms with Gasteiger partial charge in [0, 0.05) is 35.5 Å². The van der Waals surface area contributed by atoms with Crippen molar-refractivity contribution in [1.82, 2.24) is 9.88 Å². The molecule has 20 heavy (non-hydrogen) atoms. The van der Waals surface area contributed by atoms with Crippen LogP contribution in [0.3, 0.4) is 0 Å². The molecule has 0 bridgehead atoms. The van der Waals surface area contributed by atoms with E-state index in [-0.39, 0.29) is 18.2 Å². The van der Waals surface area contributed by atoms with Crippen LogP contribution in [0.5, 0.6) is 0 Å². The summed E-state index contributed by atoms with van der Waals surface area (Å²) in [5.41, 5.74) is 3.11. The molecule has 1 saturated heterocycles. The Hall–Kier alpha value is -2.30. The number of hydrogen-bond donors (Lipinski definition) is 2. The van der Waals surface area contributed by atoms with Gasteiger partial charge in [0.1, 0.15) is 0 Å². The Bertz CT molecular complexity index is 689. The first-order valence-electron chi connectivity index (χ1n) is 6.63. The van der Waals surface area contributed by atoms with E-state index >= 15 is 0 Å². The number of piperidine rings is 1. The number of H-pyrrole nitrogens is 1. The third-order valence-corrected chi connectivity index (χ3v) is 3.90. The first-order valence-corrected chi connectivity index (χ1v) is 6.63. The largest absolute Gasteiger partial charge is 0.465 e. The predicted octanol–water partition coefficient (Wildman–Crippen LogP) is 2.51. The molecule has 5 heteroatoms. The number of carbonyl (C=O) groups excluding carboxylic acids is 1. The van der Waals surface area contributed by atoms with E-state index in [4.69, 9.17) is 5.11 Å². The maximum atomic E-state index is 11.8. The molecular formula is C15H16N2O3. The fourth-order valence-electron chi connectivity index (χ4n) is 3.11. The van der Waals surface area contributed by atoms with Gasteiger partial charge >= 0.3 is 6.09 Å². The predicted molar refractivity (Wildman–Crippen MR) is 75.0 cm³/mol. The number of fused-ring (bicyclic) bond motifs is 1. The van der Waals surface area contributed by atoms with Crippen molar-refractivity contribution >= 4 is 22.8 Å². The lowest BCUT2D eigenvalue weighted by Crippen LogP contribution is -2.42. The second-order valence-electron chi connectivity index (χ2n) is 5.31. The van der Waals surface area contributed by atoms with E-state index in [9.17, 15) is 9.59 Å². The highest BCUT2D eigenvalue weighted by atomic mass is 16.4. The quantitative estimate of drug-likeness (QED) is 0.837. The zero-order valence-corrected chi connectivity index (χ0v) is 11.2. The Morgan fingerprint density at radius 3 is 2.90 bits per heavy atom. The summed E-state index contributed by atoms with van der Waals surface area (Å²) in [7, 11) is 0. The van der Waals surface area contributed by atoms with Crippen LogP contribution in [0.1, 0.15) is 23.6 Å². The molecule has 0 aliphatic carbocycles. The number of Topliss-reactive ketones (excluding diaryl/α,β-unsaturated/α-hetero) is 1. The second kappa shape index (κ2) is 4.67. The molecule has 104 valence electrons. The van der Waals surface area contributed by atoms with Crippen molar-refractivity contribution in [1.29, 1.82) is 0 Å². The van der Waals surface area contributed by atoms with E-state index in [0.717, 1.165) is 22.2 Å². The topological polar surface area (TPSA) is 73.4 Å². The van der Waals surface area contributed by atoms with Crippen molar-refractivity contribution in [2.24, 2.45) is 0 Å². The van der Waals surface area contributed by atoms with Gasteiger partial charge in [-0.05, 0) is 18.6 Å². The number of rotatable bonds is 1. The molecule has 1 unspecified atom stereocenters. The second-order valence-corrected chi connectivity index (χ2v) is 5.31. The zero-order chi connectivity index (χ0) is 14.3. The SMILES string of the molecule is Cc1[nH]c2ccccc2c1C1CC(=O)CN(C(=O)O)C1. The summed E-state index contributed by atoms with van der Waals surface area (Å²) in [6, 6.07) is 7.92. The number of hydrogen-bond acceptors (Lipinski definition) is 2. The first-order chi connectivity index (χ1) is 9.56. The van der Waals surface area contributed by atoms with E-state index in [2.05, 4.69) is 4.98 Å². The van der Waals surface area contributed by atoms with Gasteiger partial charge in [-0.25, -0.2) is 4.79 Å². The molecule has 1 aliphatic rings. The molecule has 1 atom stereocenters. The van der Waals surface area contributed by atoms with Gasteiger partial charge in [-0.2, -0.15) is 0 Å². The van der Waals surface area contributed by atoms with Crippen LogP contribution in [0.4, 0.5) is 4.79 Å². The lowest BCUT2D eigenvalue weighted by Gasteiger charge is -2.30. The molecule has 0 saturated carbocycles. The average Bonchev–Trinajstić information content (AvgIpc) is 2.73. The van der Waals surface area contributed by atoms with Gasteiger partial charge in [0.25, 0.3) is 0 Å². The highest BCUT2D eigenvalue weighted by Crippen LogP contribution is 2.33. The number of aromatic amines is 1. The van der Waals surface area contributed by atoms with Crippen LogP contribution in [-0.4, -0.2) is 40.0 Å². The number of nitrogens with one attached hydrogen (secondary N) is 1. The smallest absolute Gasteiger partial charge is 0.407 e. The first kappa shape index (κ1) is 12.7. The number of likely N-dealkylation sites (tertiary alicyclic amines) is 1. The standard InChI is InChI=1S/C15H16N2O3/c1-9-14(12-4-2-3-5-13(12)16-9)10-6-11(18)8-17(7-10)15(19)20/h2-5,10,16H,6-8H2,1H3,(H,19,20). The molecule has 2 aromatic rings. The molecule has 5 nitrogen and oxygen atoms in total. The van der Waals surface area contributed by atoms with Crippen molar-refractivity contribution in [3.8, 4) is 0 Å². The van der Waals surface area contributed by atoms with Crippen molar-refractivity contribution in [2.75, 3.05) is 13.1 Å². The van der Waals surface area contributed by atoms with Gasteiger partial charge in [-0.1, -0.05) is 18.2 Å². The van der Waals surface area contributed by atoms with E-state index in [0.29, 0.717) is 13.0 Å². The van der Waals surface area contributed by atoms with Crippen LogP contribution in [0.2, 0.25) is 0 Å². The van der Waals surface area contributed by atoms with Gasteiger partial charge in [-0.3, -0.25) is 4.79 Å². The van der Waals surface area contributed by atoms with Gasteiger partial charge in [0.05, 0.1) is 6.54 Å². The Balaban J connectivity index is 2.03. The lowest BCUT2D eigenvalue weighted by atomic mass is 9.88. The number of para-hydroxylation sites is 1. The number of amides is 1. The van der Waals surface area contributed by atoms with E-state index in [1.807, 2.05) is 31.2 Å². The molecule has 1 fully saturated rings. The molecule has 0 radical (unpaired) electrons. The molecule has 1 aromatic heterocycles. The number of carbonyl (C=O) groups is 2. The maximum absolute atomic E-state index is 11.8. The molecule has 0 spiro atoms. The maximum Gasteiger partial charge on any atom is 0.407 e. The summed E-state index contributed by atoms with van der Waals surface area (Å²) in [5.74, 6) is -0.0863.